The van der Waals surface area contributed by atoms with Crippen LogP contribution in [0.3, 0.4) is 0 Å². The van der Waals surface area contributed by atoms with Crippen molar-refractivity contribution in [3.8, 4) is 0 Å². The lowest BCUT2D eigenvalue weighted by atomic mass is 9.76. The van der Waals surface area contributed by atoms with E-state index in [1.165, 1.54) is 31.3 Å². The first kappa shape index (κ1) is 10.7. The van der Waals surface area contributed by atoms with Gasteiger partial charge in [-0.2, -0.15) is 0 Å². The molecule has 11 heavy (non-hydrogen) atoms. The summed E-state index contributed by atoms with van der Waals surface area (Å²) in [7, 11) is 0. The molecule has 0 aromatic carbocycles. The molecule has 0 heterocycles. The van der Waals surface area contributed by atoms with Gasteiger partial charge in [0.15, 0.2) is 0 Å². The highest BCUT2D eigenvalue weighted by molar-refractivity contribution is 5.00. The topological polar surface area (TPSA) is 0 Å². The number of allylic oxidation sites excluding steroid dienone is 1. The molecule has 1 aliphatic carbocycles. The van der Waals surface area contributed by atoms with E-state index in [4.69, 9.17) is 0 Å². The lowest BCUT2D eigenvalue weighted by molar-refractivity contribution is 0.279. The van der Waals surface area contributed by atoms with Crippen LogP contribution in [-0.4, -0.2) is 0 Å². The Hall–Kier alpha value is -0.260. The largest absolute Gasteiger partial charge is 0.0999 e. The fraction of sp³-hybridized carbons (Fsp3) is 0.818. The Morgan fingerprint density at radius 1 is 1.09 bits per heavy atom. The highest BCUT2D eigenvalue weighted by atomic mass is 14.3. The molecule has 0 spiro atoms. The molecule has 1 aliphatic rings. The summed E-state index contributed by atoms with van der Waals surface area (Å²) in [5.74, 6) is 0. The van der Waals surface area contributed by atoms with Gasteiger partial charge in [-0.3, -0.25) is 0 Å². The molecular formula is C11H22. The van der Waals surface area contributed by atoms with Gasteiger partial charge >= 0.3 is 0 Å². The van der Waals surface area contributed by atoms with Gasteiger partial charge in [0, 0.05) is 0 Å². The van der Waals surface area contributed by atoms with Gasteiger partial charge in [0.2, 0.25) is 0 Å². The summed E-state index contributed by atoms with van der Waals surface area (Å²) in [4.78, 5) is 0. The number of rotatable bonds is 0. The van der Waals surface area contributed by atoms with Gasteiger partial charge in [-0.15, -0.1) is 0 Å². The summed E-state index contributed by atoms with van der Waals surface area (Å²) < 4.78 is 0. The van der Waals surface area contributed by atoms with E-state index in [-0.39, 0.29) is 0 Å². The smallest absolute Gasteiger partial charge is 0.0318 e. The van der Waals surface area contributed by atoms with Crippen LogP contribution in [0.1, 0.15) is 53.4 Å². The molecule has 66 valence electrons. The molecule has 0 N–H and O–H groups in total. The molecule has 0 aromatic heterocycles. The lowest BCUT2D eigenvalue weighted by Crippen LogP contribution is -2.15. The fourth-order valence-electron chi connectivity index (χ4n) is 1.28. The molecule has 0 atom stereocenters. The van der Waals surface area contributed by atoms with Crippen LogP contribution in [0.15, 0.2) is 12.2 Å². The maximum atomic E-state index is 3.98. The van der Waals surface area contributed by atoms with Gasteiger partial charge in [-0.05, 0) is 31.1 Å². The van der Waals surface area contributed by atoms with Crippen molar-refractivity contribution in [2.45, 2.75) is 53.4 Å². The summed E-state index contributed by atoms with van der Waals surface area (Å²) in [6.45, 7) is 12.7. The lowest BCUT2D eigenvalue weighted by Gasteiger charge is -2.30. The van der Waals surface area contributed by atoms with Crippen molar-refractivity contribution in [2.24, 2.45) is 5.41 Å². The SMILES string of the molecule is C=C1CCC(C)(C)CC1.CC. The Bertz CT molecular complexity index is 108. The Labute approximate surface area is 71.7 Å². The highest BCUT2D eigenvalue weighted by Crippen LogP contribution is 2.36. The quantitative estimate of drug-likeness (QED) is 0.459. The predicted molar refractivity (Wildman–Crippen MR) is 52.7 cm³/mol. The standard InChI is InChI=1S/C9H16.C2H6/c1-8-4-6-9(2,3)7-5-8;1-2/h1,4-7H2,2-3H3;1-2H3. The second-order valence-corrected chi connectivity index (χ2v) is 3.91. The van der Waals surface area contributed by atoms with Gasteiger partial charge in [-0.25, -0.2) is 0 Å². The third-order valence-corrected chi connectivity index (χ3v) is 2.31. The molecule has 1 fully saturated rings. The van der Waals surface area contributed by atoms with Gasteiger partial charge < -0.3 is 0 Å². The molecule has 0 aromatic rings. The molecule has 0 bridgehead atoms. The van der Waals surface area contributed by atoms with E-state index in [0.29, 0.717) is 5.41 Å². The minimum absolute atomic E-state index is 0.598. The van der Waals surface area contributed by atoms with E-state index in [1.807, 2.05) is 13.8 Å². The Morgan fingerprint density at radius 3 is 1.73 bits per heavy atom. The van der Waals surface area contributed by atoms with E-state index in [1.54, 1.807) is 0 Å². The molecule has 0 saturated heterocycles. The average Bonchev–Trinajstić information content (AvgIpc) is 2.00. The van der Waals surface area contributed by atoms with Crippen molar-refractivity contribution >= 4 is 0 Å². The van der Waals surface area contributed by atoms with Crippen LogP contribution >= 0.6 is 0 Å². The zero-order valence-corrected chi connectivity index (χ0v) is 8.54. The van der Waals surface area contributed by atoms with E-state index in [2.05, 4.69) is 20.4 Å². The van der Waals surface area contributed by atoms with Crippen molar-refractivity contribution in [1.29, 1.82) is 0 Å². The Kier molecular flexibility index (Phi) is 4.48. The van der Waals surface area contributed by atoms with E-state index in [0.717, 1.165) is 0 Å². The fourth-order valence-corrected chi connectivity index (χ4v) is 1.28. The van der Waals surface area contributed by atoms with Gasteiger partial charge in [0.25, 0.3) is 0 Å². The molecule has 0 radical (unpaired) electrons. The maximum Gasteiger partial charge on any atom is -0.0318 e. The maximum absolute atomic E-state index is 3.98. The first-order chi connectivity index (χ1) is 5.10. The molecule has 0 aliphatic heterocycles. The summed E-state index contributed by atoms with van der Waals surface area (Å²) in [5, 5.41) is 0. The first-order valence-corrected chi connectivity index (χ1v) is 4.77. The molecular weight excluding hydrogens is 132 g/mol. The van der Waals surface area contributed by atoms with Crippen LogP contribution in [0.2, 0.25) is 0 Å². The number of hydrogen-bond acceptors (Lipinski definition) is 0. The van der Waals surface area contributed by atoms with Crippen LogP contribution in [0.4, 0.5) is 0 Å². The van der Waals surface area contributed by atoms with Gasteiger partial charge in [-0.1, -0.05) is 39.8 Å². The predicted octanol–water partition coefficient (Wildman–Crippen LogP) is 4.17. The average molecular weight is 154 g/mol. The zero-order chi connectivity index (χ0) is 8.91. The summed E-state index contributed by atoms with van der Waals surface area (Å²) in [6.07, 6.45) is 5.19. The van der Waals surface area contributed by atoms with Crippen molar-refractivity contribution in [3.05, 3.63) is 12.2 Å². The normalized spacial score (nSPS) is 22.0. The van der Waals surface area contributed by atoms with Crippen LogP contribution in [-0.2, 0) is 0 Å². The molecule has 0 nitrogen and oxygen atoms in total. The molecule has 1 saturated carbocycles. The van der Waals surface area contributed by atoms with Crippen molar-refractivity contribution in [1.82, 2.24) is 0 Å². The molecule has 0 unspecified atom stereocenters. The second kappa shape index (κ2) is 4.58. The van der Waals surface area contributed by atoms with Gasteiger partial charge in [0.05, 0.1) is 0 Å². The highest BCUT2D eigenvalue weighted by Gasteiger charge is 2.21. The Morgan fingerprint density at radius 2 is 1.45 bits per heavy atom. The second-order valence-electron chi connectivity index (χ2n) is 3.91. The molecule has 1 rings (SSSR count). The third-order valence-electron chi connectivity index (χ3n) is 2.31. The van der Waals surface area contributed by atoms with Gasteiger partial charge in [0.1, 0.15) is 0 Å². The van der Waals surface area contributed by atoms with Crippen LogP contribution in [0.5, 0.6) is 0 Å². The van der Waals surface area contributed by atoms with E-state index < -0.39 is 0 Å². The number of hydrogen-bond donors (Lipinski definition) is 0. The minimum atomic E-state index is 0.598. The first-order valence-electron chi connectivity index (χ1n) is 4.77. The monoisotopic (exact) mass is 154 g/mol. The van der Waals surface area contributed by atoms with Crippen LogP contribution in [0.25, 0.3) is 0 Å². The van der Waals surface area contributed by atoms with Crippen molar-refractivity contribution in [2.75, 3.05) is 0 Å². The molecule has 0 heteroatoms. The summed E-state index contributed by atoms with van der Waals surface area (Å²) >= 11 is 0. The van der Waals surface area contributed by atoms with Crippen molar-refractivity contribution in [3.63, 3.8) is 0 Å². The van der Waals surface area contributed by atoms with Crippen LogP contribution < -0.4 is 0 Å². The van der Waals surface area contributed by atoms with Crippen molar-refractivity contribution < 1.29 is 0 Å². The van der Waals surface area contributed by atoms with E-state index in [9.17, 15) is 0 Å². The Balaban J connectivity index is 0.000000461. The summed E-state index contributed by atoms with van der Waals surface area (Å²) in [6, 6.07) is 0. The van der Waals surface area contributed by atoms with Crippen LogP contribution in [0, 0.1) is 5.41 Å². The zero-order valence-electron chi connectivity index (χ0n) is 8.54. The third kappa shape index (κ3) is 4.23. The van der Waals surface area contributed by atoms with E-state index >= 15 is 0 Å². The minimum Gasteiger partial charge on any atom is -0.0999 e. The summed E-state index contributed by atoms with van der Waals surface area (Å²) in [5.41, 5.74) is 2.05. The molecule has 0 amide bonds.